The molecule has 0 saturated heterocycles. The third kappa shape index (κ3) is 6.13. The molecular formula is C21H25N3O6. The van der Waals surface area contributed by atoms with E-state index in [0.717, 1.165) is 5.56 Å². The van der Waals surface area contributed by atoms with Crippen molar-refractivity contribution in [3.63, 3.8) is 0 Å². The van der Waals surface area contributed by atoms with Gasteiger partial charge in [-0.3, -0.25) is 9.59 Å². The monoisotopic (exact) mass is 415 g/mol. The molecule has 2 amide bonds. The van der Waals surface area contributed by atoms with Crippen LogP contribution in [0.2, 0.25) is 0 Å². The van der Waals surface area contributed by atoms with E-state index in [1.54, 1.807) is 38.5 Å². The fourth-order valence-corrected chi connectivity index (χ4v) is 2.59. The molecule has 9 nitrogen and oxygen atoms in total. The van der Waals surface area contributed by atoms with Gasteiger partial charge in [0, 0.05) is 12.1 Å². The number of hydrazone groups is 1. The smallest absolute Gasteiger partial charge is 0.329 e. The predicted molar refractivity (Wildman–Crippen MR) is 112 cm³/mol. The van der Waals surface area contributed by atoms with Gasteiger partial charge in [-0.1, -0.05) is 6.07 Å². The van der Waals surface area contributed by atoms with Crippen LogP contribution in [0.4, 0.5) is 0 Å². The predicted octanol–water partition coefficient (Wildman–Crippen LogP) is 1.53. The number of carbonyl (C=O) groups excluding carboxylic acids is 2. The molecule has 0 unspecified atom stereocenters. The van der Waals surface area contributed by atoms with Gasteiger partial charge in [-0.15, -0.1) is 0 Å². The summed E-state index contributed by atoms with van der Waals surface area (Å²) in [6.45, 7) is 0.273. The summed E-state index contributed by atoms with van der Waals surface area (Å²) >= 11 is 0. The highest BCUT2D eigenvalue weighted by Gasteiger charge is 2.12. The van der Waals surface area contributed by atoms with Crippen LogP contribution in [0, 0.1) is 0 Å². The summed E-state index contributed by atoms with van der Waals surface area (Å²) in [6.07, 6.45) is 1.89. The summed E-state index contributed by atoms with van der Waals surface area (Å²) in [4.78, 5) is 23.8. The van der Waals surface area contributed by atoms with Crippen molar-refractivity contribution >= 4 is 18.0 Å². The van der Waals surface area contributed by atoms with Crippen LogP contribution < -0.4 is 29.7 Å². The van der Waals surface area contributed by atoms with Crippen molar-refractivity contribution in [2.24, 2.45) is 5.10 Å². The minimum atomic E-state index is -0.875. The Morgan fingerprint density at radius 3 is 2.23 bits per heavy atom. The quantitative estimate of drug-likeness (QED) is 0.365. The Balaban J connectivity index is 1.85. The Bertz CT molecular complexity index is 914. The third-order valence-corrected chi connectivity index (χ3v) is 4.16. The van der Waals surface area contributed by atoms with Crippen molar-refractivity contribution in [2.75, 3.05) is 35.0 Å². The molecule has 0 aliphatic carbocycles. The van der Waals surface area contributed by atoms with E-state index in [0.29, 0.717) is 35.0 Å². The molecule has 0 aliphatic rings. The van der Waals surface area contributed by atoms with Crippen LogP contribution in [0.15, 0.2) is 41.5 Å². The van der Waals surface area contributed by atoms with Crippen LogP contribution in [0.1, 0.15) is 11.1 Å². The molecule has 0 heterocycles. The number of amides is 2. The molecule has 160 valence electrons. The summed E-state index contributed by atoms with van der Waals surface area (Å²) < 4.78 is 20.8. The number of nitrogens with zero attached hydrogens (tertiary/aromatic N) is 1. The van der Waals surface area contributed by atoms with E-state index in [9.17, 15) is 9.59 Å². The summed E-state index contributed by atoms with van der Waals surface area (Å²) in [5.74, 6) is 0.715. The van der Waals surface area contributed by atoms with Gasteiger partial charge in [0.2, 0.25) is 0 Å². The van der Waals surface area contributed by atoms with Crippen molar-refractivity contribution in [3.8, 4) is 23.0 Å². The van der Waals surface area contributed by atoms with Crippen molar-refractivity contribution in [3.05, 3.63) is 47.5 Å². The van der Waals surface area contributed by atoms with Crippen LogP contribution >= 0.6 is 0 Å². The number of rotatable bonds is 9. The zero-order chi connectivity index (χ0) is 21.9. The van der Waals surface area contributed by atoms with Crippen LogP contribution in [0.5, 0.6) is 23.0 Å². The van der Waals surface area contributed by atoms with Gasteiger partial charge in [0.05, 0.1) is 34.7 Å². The van der Waals surface area contributed by atoms with Crippen molar-refractivity contribution in [1.29, 1.82) is 0 Å². The van der Waals surface area contributed by atoms with Gasteiger partial charge in [0.1, 0.15) is 11.5 Å². The molecule has 2 aromatic carbocycles. The zero-order valence-corrected chi connectivity index (χ0v) is 17.4. The molecule has 0 radical (unpaired) electrons. The Labute approximate surface area is 175 Å². The fourth-order valence-electron chi connectivity index (χ4n) is 2.59. The standard InChI is InChI=1S/C21H25N3O6/c1-27-16-6-8-17(28-2)15(12-16)13-23-24-21(26)20(25)22-10-9-14-5-7-18(29-3)19(11-14)30-4/h5-8,11-13H,9-10H2,1-4H3,(H,22,25)(H,24,26)/b23-13+. The normalized spacial score (nSPS) is 10.4. The minimum absolute atomic E-state index is 0.273. The molecule has 0 atom stereocenters. The lowest BCUT2D eigenvalue weighted by molar-refractivity contribution is -0.139. The molecule has 0 spiro atoms. The molecule has 30 heavy (non-hydrogen) atoms. The van der Waals surface area contributed by atoms with E-state index in [1.807, 2.05) is 12.1 Å². The minimum Gasteiger partial charge on any atom is -0.497 e. The number of carbonyl (C=O) groups is 2. The van der Waals surface area contributed by atoms with Crippen LogP contribution in [0.3, 0.4) is 0 Å². The maximum Gasteiger partial charge on any atom is 0.329 e. The van der Waals surface area contributed by atoms with Crippen molar-refractivity contribution in [1.82, 2.24) is 10.7 Å². The zero-order valence-electron chi connectivity index (χ0n) is 17.4. The van der Waals surface area contributed by atoms with Gasteiger partial charge >= 0.3 is 11.8 Å². The molecular weight excluding hydrogens is 390 g/mol. The maximum atomic E-state index is 11.9. The van der Waals surface area contributed by atoms with Gasteiger partial charge in [-0.05, 0) is 42.3 Å². The van der Waals surface area contributed by atoms with E-state index in [2.05, 4.69) is 15.8 Å². The molecule has 2 aromatic rings. The van der Waals surface area contributed by atoms with Crippen LogP contribution in [-0.2, 0) is 16.0 Å². The van der Waals surface area contributed by atoms with Gasteiger partial charge in [0.15, 0.2) is 11.5 Å². The lowest BCUT2D eigenvalue weighted by Crippen LogP contribution is -2.38. The first-order valence-electron chi connectivity index (χ1n) is 9.06. The molecule has 0 fully saturated rings. The largest absolute Gasteiger partial charge is 0.497 e. The van der Waals surface area contributed by atoms with Crippen molar-refractivity contribution < 1.29 is 28.5 Å². The number of benzene rings is 2. The summed E-state index contributed by atoms with van der Waals surface area (Å²) in [5, 5.41) is 6.35. The molecule has 0 bridgehead atoms. The topological polar surface area (TPSA) is 107 Å². The second-order valence-electron chi connectivity index (χ2n) is 6.00. The SMILES string of the molecule is COc1ccc(OC)c(/C=N/NC(=O)C(=O)NCCc2ccc(OC)c(OC)c2)c1. The highest BCUT2D eigenvalue weighted by Crippen LogP contribution is 2.27. The van der Waals surface area contributed by atoms with Gasteiger partial charge in [0.25, 0.3) is 0 Å². The second kappa shape index (κ2) is 11.3. The molecule has 0 aromatic heterocycles. The molecule has 9 heteroatoms. The van der Waals surface area contributed by atoms with Crippen LogP contribution in [0.25, 0.3) is 0 Å². The van der Waals surface area contributed by atoms with Gasteiger partial charge < -0.3 is 24.3 Å². The lowest BCUT2D eigenvalue weighted by atomic mass is 10.1. The average Bonchev–Trinajstić information content (AvgIpc) is 2.78. The molecule has 0 aliphatic heterocycles. The third-order valence-electron chi connectivity index (χ3n) is 4.16. The Morgan fingerprint density at radius 1 is 0.867 bits per heavy atom. The second-order valence-corrected chi connectivity index (χ2v) is 6.00. The van der Waals surface area contributed by atoms with E-state index in [-0.39, 0.29) is 6.54 Å². The first kappa shape index (κ1) is 22.5. The Kier molecular flexibility index (Phi) is 8.49. The number of methoxy groups -OCH3 is 4. The molecule has 2 rings (SSSR count). The fraction of sp³-hybridized carbons (Fsp3) is 0.286. The molecule has 2 N–H and O–H groups in total. The van der Waals surface area contributed by atoms with E-state index < -0.39 is 11.8 Å². The first-order chi connectivity index (χ1) is 14.5. The Hall–Kier alpha value is -3.75. The number of hydrogen-bond donors (Lipinski definition) is 2. The van der Waals surface area contributed by atoms with Crippen molar-refractivity contribution in [2.45, 2.75) is 6.42 Å². The first-order valence-corrected chi connectivity index (χ1v) is 9.06. The summed E-state index contributed by atoms with van der Waals surface area (Å²) in [6, 6.07) is 10.6. The van der Waals surface area contributed by atoms with E-state index in [4.69, 9.17) is 18.9 Å². The van der Waals surface area contributed by atoms with Gasteiger partial charge in [-0.25, -0.2) is 5.43 Å². The maximum absolute atomic E-state index is 11.9. The number of ether oxygens (including phenoxy) is 4. The lowest BCUT2D eigenvalue weighted by Gasteiger charge is -2.10. The highest BCUT2D eigenvalue weighted by atomic mass is 16.5. The molecule has 0 saturated carbocycles. The Morgan fingerprint density at radius 2 is 1.57 bits per heavy atom. The summed E-state index contributed by atoms with van der Waals surface area (Å²) in [7, 11) is 6.17. The van der Waals surface area contributed by atoms with E-state index >= 15 is 0 Å². The number of nitrogens with one attached hydrogen (secondary N) is 2. The van der Waals surface area contributed by atoms with Crippen LogP contribution in [-0.4, -0.2) is 53.0 Å². The number of hydrogen-bond acceptors (Lipinski definition) is 7. The van der Waals surface area contributed by atoms with E-state index in [1.165, 1.54) is 20.4 Å². The summed E-state index contributed by atoms with van der Waals surface area (Å²) in [5.41, 5.74) is 3.70. The highest BCUT2D eigenvalue weighted by molar-refractivity contribution is 6.35. The van der Waals surface area contributed by atoms with Gasteiger partial charge in [-0.2, -0.15) is 5.10 Å². The average molecular weight is 415 g/mol.